The average Bonchev–Trinajstić information content (AvgIpc) is 2.46. The molecule has 0 saturated heterocycles. The van der Waals surface area contributed by atoms with Gasteiger partial charge in [-0.1, -0.05) is 29.8 Å². The quantitative estimate of drug-likeness (QED) is 0.845. The van der Waals surface area contributed by atoms with Crippen LogP contribution in [-0.2, 0) is 11.3 Å². The fraction of sp³-hybridized carbons (Fsp3) is 0.235. The van der Waals surface area contributed by atoms with Crippen LogP contribution >= 0.6 is 0 Å². The Labute approximate surface area is 124 Å². The molecule has 0 aliphatic carbocycles. The van der Waals surface area contributed by atoms with Crippen molar-refractivity contribution in [1.29, 1.82) is 0 Å². The van der Waals surface area contributed by atoms with Gasteiger partial charge in [-0.15, -0.1) is 0 Å². The van der Waals surface area contributed by atoms with Crippen LogP contribution in [0.2, 0.25) is 0 Å². The predicted molar refractivity (Wildman–Crippen MR) is 79.5 cm³/mol. The van der Waals surface area contributed by atoms with Gasteiger partial charge in [-0.05, 0) is 36.8 Å². The summed E-state index contributed by atoms with van der Waals surface area (Å²) in [4.78, 5) is 13.5. The lowest BCUT2D eigenvalue weighted by atomic mass is 10.2. The van der Waals surface area contributed by atoms with Gasteiger partial charge < -0.3 is 9.64 Å². The van der Waals surface area contributed by atoms with E-state index in [-0.39, 0.29) is 18.3 Å². The van der Waals surface area contributed by atoms with Gasteiger partial charge in [-0.2, -0.15) is 0 Å². The summed E-state index contributed by atoms with van der Waals surface area (Å²) in [5.41, 5.74) is 1.89. The van der Waals surface area contributed by atoms with Crippen molar-refractivity contribution in [2.75, 3.05) is 13.7 Å². The number of amides is 1. The van der Waals surface area contributed by atoms with Crippen LogP contribution in [0, 0.1) is 12.7 Å². The fourth-order valence-electron chi connectivity index (χ4n) is 1.89. The van der Waals surface area contributed by atoms with Crippen LogP contribution < -0.4 is 4.74 Å². The van der Waals surface area contributed by atoms with Crippen molar-refractivity contribution in [2.24, 2.45) is 0 Å². The maximum absolute atomic E-state index is 13.1. The normalized spacial score (nSPS) is 10.2. The summed E-state index contributed by atoms with van der Waals surface area (Å²) < 4.78 is 18.5. The second-order valence-electron chi connectivity index (χ2n) is 4.98. The van der Waals surface area contributed by atoms with E-state index in [4.69, 9.17) is 4.74 Å². The number of benzene rings is 2. The second kappa shape index (κ2) is 6.88. The van der Waals surface area contributed by atoms with Gasteiger partial charge in [0.15, 0.2) is 6.61 Å². The van der Waals surface area contributed by atoms with Crippen molar-refractivity contribution >= 4 is 5.91 Å². The zero-order chi connectivity index (χ0) is 15.2. The van der Waals surface area contributed by atoms with Gasteiger partial charge in [-0.25, -0.2) is 4.39 Å². The third-order valence-electron chi connectivity index (χ3n) is 3.12. The topological polar surface area (TPSA) is 29.5 Å². The Morgan fingerprint density at radius 3 is 2.57 bits per heavy atom. The molecule has 2 aromatic carbocycles. The van der Waals surface area contributed by atoms with Gasteiger partial charge in [-0.3, -0.25) is 4.79 Å². The molecular formula is C17H18FNO2. The number of ether oxygens (including phenoxy) is 1. The van der Waals surface area contributed by atoms with Crippen LogP contribution in [0.4, 0.5) is 4.39 Å². The lowest BCUT2D eigenvalue weighted by molar-refractivity contribution is -0.132. The Kier molecular flexibility index (Phi) is 4.93. The van der Waals surface area contributed by atoms with E-state index in [0.717, 1.165) is 11.1 Å². The first kappa shape index (κ1) is 15.0. The van der Waals surface area contributed by atoms with Crippen molar-refractivity contribution in [3.05, 3.63) is 65.5 Å². The van der Waals surface area contributed by atoms with E-state index >= 15 is 0 Å². The number of hydrogen-bond donors (Lipinski definition) is 0. The fourth-order valence-corrected chi connectivity index (χ4v) is 1.89. The van der Waals surface area contributed by atoms with E-state index in [2.05, 4.69) is 0 Å². The number of likely N-dealkylation sites (N-methyl/N-ethyl adjacent to an activating group) is 1. The largest absolute Gasteiger partial charge is 0.484 e. The molecule has 0 spiro atoms. The molecule has 4 heteroatoms. The van der Waals surface area contributed by atoms with Crippen LogP contribution in [0.1, 0.15) is 11.1 Å². The Morgan fingerprint density at radius 2 is 1.90 bits per heavy atom. The SMILES string of the molecule is Cc1ccc(OCC(=O)N(C)Cc2cccc(F)c2)cc1. The van der Waals surface area contributed by atoms with Crippen LogP contribution in [0.25, 0.3) is 0 Å². The molecule has 0 radical (unpaired) electrons. The molecule has 0 saturated carbocycles. The smallest absolute Gasteiger partial charge is 0.260 e. The van der Waals surface area contributed by atoms with E-state index in [0.29, 0.717) is 12.3 Å². The third-order valence-corrected chi connectivity index (χ3v) is 3.12. The molecule has 0 heterocycles. The molecule has 0 unspecified atom stereocenters. The highest BCUT2D eigenvalue weighted by molar-refractivity contribution is 5.77. The van der Waals surface area contributed by atoms with E-state index in [9.17, 15) is 9.18 Å². The number of halogens is 1. The molecule has 3 nitrogen and oxygen atoms in total. The van der Waals surface area contributed by atoms with Crippen molar-refractivity contribution in [1.82, 2.24) is 4.90 Å². The van der Waals surface area contributed by atoms with E-state index < -0.39 is 0 Å². The highest BCUT2D eigenvalue weighted by Gasteiger charge is 2.10. The molecule has 1 amide bonds. The summed E-state index contributed by atoms with van der Waals surface area (Å²) in [5, 5.41) is 0. The first-order valence-corrected chi connectivity index (χ1v) is 6.72. The Bertz CT molecular complexity index is 610. The lowest BCUT2D eigenvalue weighted by Gasteiger charge is -2.17. The Morgan fingerprint density at radius 1 is 1.19 bits per heavy atom. The van der Waals surface area contributed by atoms with Gasteiger partial charge in [0.25, 0.3) is 5.91 Å². The first-order valence-electron chi connectivity index (χ1n) is 6.72. The minimum Gasteiger partial charge on any atom is -0.484 e. The molecule has 0 aromatic heterocycles. The van der Waals surface area contributed by atoms with Crippen molar-refractivity contribution in [3.63, 3.8) is 0 Å². The molecule has 0 N–H and O–H groups in total. The highest BCUT2D eigenvalue weighted by atomic mass is 19.1. The molecular weight excluding hydrogens is 269 g/mol. The first-order chi connectivity index (χ1) is 10.0. The monoisotopic (exact) mass is 287 g/mol. The summed E-state index contributed by atoms with van der Waals surface area (Å²) >= 11 is 0. The number of rotatable bonds is 5. The van der Waals surface area contributed by atoms with Crippen LogP contribution in [0.3, 0.4) is 0 Å². The zero-order valence-electron chi connectivity index (χ0n) is 12.2. The van der Waals surface area contributed by atoms with Crippen LogP contribution in [0.5, 0.6) is 5.75 Å². The van der Waals surface area contributed by atoms with Crippen molar-refractivity contribution in [2.45, 2.75) is 13.5 Å². The van der Waals surface area contributed by atoms with Crippen molar-refractivity contribution in [3.8, 4) is 5.75 Å². The predicted octanol–water partition coefficient (Wildman–Crippen LogP) is 3.17. The number of nitrogens with zero attached hydrogens (tertiary/aromatic N) is 1. The molecule has 0 bridgehead atoms. The molecule has 2 aromatic rings. The molecule has 0 aliphatic rings. The van der Waals surface area contributed by atoms with Crippen LogP contribution in [0.15, 0.2) is 48.5 Å². The Hall–Kier alpha value is -2.36. The maximum Gasteiger partial charge on any atom is 0.260 e. The van der Waals surface area contributed by atoms with E-state index in [1.165, 1.54) is 17.0 Å². The molecule has 0 atom stereocenters. The summed E-state index contributed by atoms with van der Waals surface area (Å²) in [6.07, 6.45) is 0. The van der Waals surface area contributed by atoms with Gasteiger partial charge in [0, 0.05) is 13.6 Å². The Balaban J connectivity index is 1.86. The maximum atomic E-state index is 13.1. The van der Waals surface area contributed by atoms with Gasteiger partial charge in [0.2, 0.25) is 0 Å². The van der Waals surface area contributed by atoms with Crippen molar-refractivity contribution < 1.29 is 13.9 Å². The third kappa shape index (κ3) is 4.60. The molecule has 2 rings (SSSR count). The molecule has 0 fully saturated rings. The van der Waals surface area contributed by atoms with Gasteiger partial charge in [0.1, 0.15) is 11.6 Å². The average molecular weight is 287 g/mol. The molecule has 110 valence electrons. The summed E-state index contributed by atoms with van der Waals surface area (Å²) in [7, 11) is 1.67. The van der Waals surface area contributed by atoms with Gasteiger partial charge >= 0.3 is 0 Å². The number of carbonyl (C=O) groups excluding carboxylic acids is 1. The highest BCUT2D eigenvalue weighted by Crippen LogP contribution is 2.12. The van der Waals surface area contributed by atoms with Crippen LogP contribution in [-0.4, -0.2) is 24.5 Å². The summed E-state index contributed by atoms with van der Waals surface area (Å²) in [6, 6.07) is 13.7. The van der Waals surface area contributed by atoms with E-state index in [1.54, 1.807) is 19.2 Å². The number of aryl methyl sites for hydroxylation is 1. The second-order valence-corrected chi connectivity index (χ2v) is 4.98. The minimum absolute atomic E-state index is 0.0329. The molecule has 21 heavy (non-hydrogen) atoms. The number of carbonyl (C=O) groups is 1. The summed E-state index contributed by atoms with van der Waals surface area (Å²) in [6.45, 7) is 2.31. The molecule has 0 aliphatic heterocycles. The zero-order valence-corrected chi connectivity index (χ0v) is 12.2. The van der Waals surface area contributed by atoms with E-state index in [1.807, 2.05) is 31.2 Å². The summed E-state index contributed by atoms with van der Waals surface area (Å²) in [5.74, 6) is 0.206. The lowest BCUT2D eigenvalue weighted by Crippen LogP contribution is -2.30. The number of hydrogen-bond acceptors (Lipinski definition) is 2. The van der Waals surface area contributed by atoms with Gasteiger partial charge in [0.05, 0.1) is 0 Å². The minimum atomic E-state index is -0.302. The standard InChI is InChI=1S/C17H18FNO2/c1-13-6-8-16(9-7-13)21-12-17(20)19(2)11-14-4-3-5-15(18)10-14/h3-10H,11-12H2,1-2H3.